The number of aromatic nitrogens is 4. The minimum absolute atomic E-state index is 0.0637. The Balaban J connectivity index is 1.54. The van der Waals surface area contributed by atoms with E-state index in [1.54, 1.807) is 0 Å². The summed E-state index contributed by atoms with van der Waals surface area (Å²) in [6, 6.07) is 4.29. The second-order valence-electron chi connectivity index (χ2n) is 7.66. The Bertz CT molecular complexity index is 1280. The fourth-order valence-electron chi connectivity index (χ4n) is 3.96. The van der Waals surface area contributed by atoms with Gasteiger partial charge in [0.1, 0.15) is 5.82 Å². The molecule has 0 saturated heterocycles. The van der Waals surface area contributed by atoms with Gasteiger partial charge >= 0.3 is 12.3 Å². The van der Waals surface area contributed by atoms with E-state index in [1.807, 2.05) is 18.4 Å². The van der Waals surface area contributed by atoms with E-state index in [0.29, 0.717) is 22.8 Å². The van der Waals surface area contributed by atoms with Gasteiger partial charge in [0.25, 0.3) is 5.91 Å². The molecule has 0 saturated carbocycles. The molecule has 4 heterocycles. The standard InChI is InChI=1S/C21H19F2N5O5/c1-10(2)28-13-9-27(11-5-6-14-15(7-11)33-21(22,23)32-14)19(29)16(13)25-17(28)12-8-24-20(31-4)26-18(12)30-3/h5-8,10H,9H2,1-4H3. The molecule has 0 unspecified atom stereocenters. The number of hydrogen-bond donors (Lipinski definition) is 0. The number of alkyl halides is 2. The van der Waals surface area contributed by atoms with Crippen LogP contribution in [0.1, 0.15) is 36.1 Å². The molecule has 33 heavy (non-hydrogen) atoms. The first kappa shape index (κ1) is 20.9. The summed E-state index contributed by atoms with van der Waals surface area (Å²) in [6.07, 6.45) is -2.20. The molecule has 5 rings (SSSR count). The predicted molar refractivity (Wildman–Crippen MR) is 110 cm³/mol. The van der Waals surface area contributed by atoms with Crippen LogP contribution in [-0.4, -0.2) is 45.9 Å². The number of hydrogen-bond acceptors (Lipinski definition) is 8. The highest BCUT2D eigenvalue weighted by molar-refractivity contribution is 6.09. The van der Waals surface area contributed by atoms with E-state index < -0.39 is 6.29 Å². The molecule has 3 aromatic rings. The molecule has 0 radical (unpaired) electrons. The minimum Gasteiger partial charge on any atom is -0.480 e. The molecule has 10 nitrogen and oxygen atoms in total. The summed E-state index contributed by atoms with van der Waals surface area (Å²) in [7, 11) is 2.92. The van der Waals surface area contributed by atoms with Crippen LogP contribution >= 0.6 is 0 Å². The minimum atomic E-state index is -3.73. The maximum atomic E-state index is 13.4. The molecule has 0 bridgehead atoms. The summed E-state index contributed by atoms with van der Waals surface area (Å²) in [5.74, 6) is 0.139. The lowest BCUT2D eigenvalue weighted by Crippen LogP contribution is -2.26. The van der Waals surface area contributed by atoms with E-state index in [-0.39, 0.29) is 47.6 Å². The molecule has 0 atom stereocenters. The van der Waals surface area contributed by atoms with Gasteiger partial charge in [-0.15, -0.1) is 8.78 Å². The quantitative estimate of drug-likeness (QED) is 0.572. The van der Waals surface area contributed by atoms with Crippen LogP contribution in [0.5, 0.6) is 23.4 Å². The Hall–Kier alpha value is -3.96. The Morgan fingerprint density at radius 3 is 2.58 bits per heavy atom. The monoisotopic (exact) mass is 459 g/mol. The van der Waals surface area contributed by atoms with Gasteiger partial charge in [-0.2, -0.15) is 4.98 Å². The Morgan fingerprint density at radius 2 is 1.88 bits per heavy atom. The number of amides is 1. The van der Waals surface area contributed by atoms with Gasteiger partial charge in [0.15, 0.2) is 17.2 Å². The molecule has 1 aromatic carbocycles. The second-order valence-corrected chi connectivity index (χ2v) is 7.66. The van der Waals surface area contributed by atoms with Gasteiger partial charge in [-0.05, 0) is 26.0 Å². The normalized spacial score (nSPS) is 15.8. The zero-order chi connectivity index (χ0) is 23.5. The summed E-state index contributed by atoms with van der Waals surface area (Å²) >= 11 is 0. The van der Waals surface area contributed by atoms with Crippen molar-refractivity contribution in [3.8, 4) is 34.8 Å². The molecule has 0 fully saturated rings. The Kier molecular flexibility index (Phi) is 4.62. The van der Waals surface area contributed by atoms with Crippen molar-refractivity contribution in [3.63, 3.8) is 0 Å². The fourth-order valence-corrected chi connectivity index (χ4v) is 3.96. The molecule has 2 aliphatic rings. The molecule has 0 N–H and O–H groups in total. The summed E-state index contributed by atoms with van der Waals surface area (Å²) in [5.41, 5.74) is 1.82. The summed E-state index contributed by atoms with van der Waals surface area (Å²) in [6.45, 7) is 4.10. The first-order chi connectivity index (χ1) is 15.7. The van der Waals surface area contributed by atoms with Gasteiger partial charge in [0.05, 0.1) is 32.0 Å². The number of imidazole rings is 1. The lowest BCUT2D eigenvalue weighted by atomic mass is 10.2. The van der Waals surface area contributed by atoms with Crippen molar-refractivity contribution >= 4 is 11.6 Å². The Labute approximate surface area is 186 Å². The van der Waals surface area contributed by atoms with Crippen LogP contribution < -0.4 is 23.8 Å². The van der Waals surface area contributed by atoms with Crippen LogP contribution in [0.4, 0.5) is 14.5 Å². The van der Waals surface area contributed by atoms with Crippen molar-refractivity contribution in [2.24, 2.45) is 0 Å². The Morgan fingerprint density at radius 1 is 1.12 bits per heavy atom. The molecule has 2 aliphatic heterocycles. The first-order valence-electron chi connectivity index (χ1n) is 10.0. The number of benzene rings is 1. The molecular formula is C21H19F2N5O5. The summed E-state index contributed by atoms with van der Waals surface area (Å²) in [4.78, 5) is 27.6. The van der Waals surface area contributed by atoms with E-state index in [4.69, 9.17) is 9.47 Å². The molecule has 1 amide bonds. The fraction of sp³-hybridized carbons (Fsp3) is 0.333. The predicted octanol–water partition coefficient (Wildman–Crippen LogP) is 3.42. The van der Waals surface area contributed by atoms with Crippen LogP contribution in [0.25, 0.3) is 11.4 Å². The largest absolute Gasteiger partial charge is 0.586 e. The lowest BCUT2D eigenvalue weighted by molar-refractivity contribution is -0.286. The third-order valence-electron chi connectivity index (χ3n) is 5.33. The molecule has 2 aromatic heterocycles. The number of fused-ring (bicyclic) bond motifs is 2. The van der Waals surface area contributed by atoms with E-state index in [9.17, 15) is 13.6 Å². The zero-order valence-corrected chi connectivity index (χ0v) is 18.1. The number of rotatable bonds is 5. The average molecular weight is 459 g/mol. The van der Waals surface area contributed by atoms with Gasteiger partial charge in [-0.25, -0.2) is 9.97 Å². The van der Waals surface area contributed by atoms with E-state index in [0.717, 1.165) is 0 Å². The smallest absolute Gasteiger partial charge is 0.480 e. The third kappa shape index (κ3) is 3.29. The number of carbonyl (C=O) groups excluding carboxylic acids is 1. The number of carbonyl (C=O) groups is 1. The van der Waals surface area contributed by atoms with Crippen LogP contribution in [0.3, 0.4) is 0 Å². The van der Waals surface area contributed by atoms with Gasteiger partial charge in [0, 0.05) is 24.0 Å². The average Bonchev–Trinajstić information content (AvgIpc) is 3.41. The van der Waals surface area contributed by atoms with Gasteiger partial charge in [-0.1, -0.05) is 0 Å². The molecule has 0 spiro atoms. The number of ether oxygens (including phenoxy) is 4. The van der Waals surface area contributed by atoms with Gasteiger partial charge < -0.3 is 28.4 Å². The van der Waals surface area contributed by atoms with Crippen molar-refractivity contribution in [3.05, 3.63) is 35.8 Å². The molecule has 12 heteroatoms. The van der Waals surface area contributed by atoms with Gasteiger partial charge in [-0.3, -0.25) is 4.79 Å². The maximum Gasteiger partial charge on any atom is 0.586 e. The van der Waals surface area contributed by atoms with Crippen LogP contribution in [0.2, 0.25) is 0 Å². The van der Waals surface area contributed by atoms with E-state index in [2.05, 4.69) is 24.4 Å². The highest BCUT2D eigenvalue weighted by Gasteiger charge is 2.44. The number of nitrogens with zero attached hydrogens (tertiary/aromatic N) is 5. The topological polar surface area (TPSA) is 101 Å². The molecular weight excluding hydrogens is 440 g/mol. The SMILES string of the molecule is COc1ncc(-c2nc3c(n2C(C)C)CN(c2ccc4c(c2)OC(F)(F)O4)C3=O)c(OC)n1. The number of methoxy groups -OCH3 is 2. The summed E-state index contributed by atoms with van der Waals surface area (Å²) in [5, 5.41) is 0. The van der Waals surface area contributed by atoms with Crippen molar-refractivity contribution < 1.29 is 32.5 Å². The first-order valence-corrected chi connectivity index (χ1v) is 10.0. The van der Waals surface area contributed by atoms with E-state index in [1.165, 1.54) is 43.5 Å². The van der Waals surface area contributed by atoms with Crippen LogP contribution in [-0.2, 0) is 6.54 Å². The maximum absolute atomic E-state index is 13.4. The van der Waals surface area contributed by atoms with Crippen molar-refractivity contribution in [1.82, 2.24) is 19.5 Å². The third-order valence-corrected chi connectivity index (χ3v) is 5.33. The molecule has 172 valence electrons. The van der Waals surface area contributed by atoms with Crippen LogP contribution in [0.15, 0.2) is 24.4 Å². The van der Waals surface area contributed by atoms with Crippen molar-refractivity contribution in [1.29, 1.82) is 0 Å². The summed E-state index contributed by atoms with van der Waals surface area (Å²) < 4.78 is 48.1. The second kappa shape index (κ2) is 7.29. The van der Waals surface area contributed by atoms with E-state index >= 15 is 0 Å². The van der Waals surface area contributed by atoms with Gasteiger partial charge in [0.2, 0.25) is 5.88 Å². The number of anilines is 1. The lowest BCUT2D eigenvalue weighted by Gasteiger charge is -2.20. The molecule has 0 aliphatic carbocycles. The van der Waals surface area contributed by atoms with Crippen molar-refractivity contribution in [2.75, 3.05) is 19.1 Å². The number of halogens is 2. The highest BCUT2D eigenvalue weighted by atomic mass is 19.3. The van der Waals surface area contributed by atoms with Crippen molar-refractivity contribution in [2.45, 2.75) is 32.7 Å². The zero-order valence-electron chi connectivity index (χ0n) is 18.1. The highest BCUT2D eigenvalue weighted by Crippen LogP contribution is 2.44. The van der Waals surface area contributed by atoms with Crippen LogP contribution in [0, 0.1) is 0 Å².